The molecule has 0 spiro atoms. The fourth-order valence-electron chi connectivity index (χ4n) is 1.12. The molecule has 4 heteroatoms. The topological polar surface area (TPSA) is 75.3 Å². The lowest BCUT2D eigenvalue weighted by Gasteiger charge is -2.20. The molecule has 0 bridgehead atoms. The smallest absolute Gasteiger partial charge is 0.250 e. The number of hydrogen-bond donors (Lipinski definition) is 3. The summed E-state index contributed by atoms with van der Waals surface area (Å²) in [6, 6.07) is -0.366. The van der Waals surface area contributed by atoms with Gasteiger partial charge < -0.3 is 16.2 Å². The Morgan fingerprint density at radius 3 is 2.50 bits per heavy atom. The number of aliphatic hydroxyl groups is 1. The molecule has 0 heterocycles. The maximum Gasteiger partial charge on any atom is 0.250 e. The van der Waals surface area contributed by atoms with Crippen molar-refractivity contribution >= 4 is 5.91 Å². The molecule has 0 aliphatic heterocycles. The molecular weight excluding hydrogens is 180 g/mol. The minimum atomic E-state index is -1.08. The molecule has 0 aliphatic rings. The molecule has 4 N–H and O–H groups in total. The second-order valence-electron chi connectivity index (χ2n) is 3.72. The van der Waals surface area contributed by atoms with Crippen LogP contribution in [0.4, 0.5) is 0 Å². The average molecular weight is 202 g/mol. The van der Waals surface area contributed by atoms with Gasteiger partial charge in [-0.15, -0.1) is 0 Å². The predicted molar refractivity (Wildman–Crippen MR) is 56.8 cm³/mol. The van der Waals surface area contributed by atoms with Gasteiger partial charge in [-0.05, 0) is 19.8 Å². The van der Waals surface area contributed by atoms with Crippen LogP contribution in [-0.4, -0.2) is 29.2 Å². The molecule has 0 aromatic heterocycles. The number of carbonyl (C=O) groups excluding carboxylic acids is 1. The van der Waals surface area contributed by atoms with E-state index in [-0.39, 0.29) is 11.9 Å². The van der Waals surface area contributed by atoms with E-state index in [9.17, 15) is 9.90 Å². The van der Waals surface area contributed by atoms with E-state index in [0.717, 1.165) is 12.8 Å². The summed E-state index contributed by atoms with van der Waals surface area (Å²) < 4.78 is 0. The van der Waals surface area contributed by atoms with Crippen molar-refractivity contribution in [1.82, 2.24) is 5.32 Å². The van der Waals surface area contributed by atoms with Crippen LogP contribution in [0.25, 0.3) is 0 Å². The first-order valence-electron chi connectivity index (χ1n) is 5.26. The van der Waals surface area contributed by atoms with Crippen molar-refractivity contribution in [3.63, 3.8) is 0 Å². The standard InChI is InChI=1S/C10H22N2O2/c1-4-6-8(11)9(13)10(14)12-7(3)5-2/h7-9,13H,4-6,11H2,1-3H3,(H,12,14). The molecular formula is C10H22N2O2. The highest BCUT2D eigenvalue weighted by Gasteiger charge is 2.22. The van der Waals surface area contributed by atoms with Gasteiger partial charge in [-0.25, -0.2) is 0 Å². The Balaban J connectivity index is 3.98. The van der Waals surface area contributed by atoms with Gasteiger partial charge >= 0.3 is 0 Å². The normalized spacial score (nSPS) is 17.2. The van der Waals surface area contributed by atoms with E-state index in [1.165, 1.54) is 0 Å². The van der Waals surface area contributed by atoms with Gasteiger partial charge in [-0.3, -0.25) is 4.79 Å². The van der Waals surface area contributed by atoms with Crippen molar-refractivity contribution in [2.75, 3.05) is 0 Å². The van der Waals surface area contributed by atoms with Gasteiger partial charge in [0, 0.05) is 12.1 Å². The molecule has 0 aromatic rings. The molecule has 84 valence electrons. The summed E-state index contributed by atoms with van der Waals surface area (Å²) in [5.74, 6) is -0.361. The van der Waals surface area contributed by atoms with Crippen molar-refractivity contribution < 1.29 is 9.90 Å². The molecule has 0 aromatic carbocycles. The number of hydrogen-bond acceptors (Lipinski definition) is 3. The van der Waals surface area contributed by atoms with Gasteiger partial charge in [0.1, 0.15) is 6.10 Å². The Labute approximate surface area is 85.9 Å². The third-order valence-electron chi connectivity index (χ3n) is 2.30. The Morgan fingerprint density at radius 2 is 2.07 bits per heavy atom. The number of rotatable bonds is 6. The van der Waals surface area contributed by atoms with Crippen LogP contribution in [0.2, 0.25) is 0 Å². The first kappa shape index (κ1) is 13.4. The van der Waals surface area contributed by atoms with E-state index >= 15 is 0 Å². The first-order chi connectivity index (χ1) is 6.52. The summed E-state index contributed by atoms with van der Waals surface area (Å²) in [5, 5.41) is 12.2. The Bertz CT molecular complexity index is 174. The zero-order chi connectivity index (χ0) is 11.1. The highest BCUT2D eigenvalue weighted by molar-refractivity contribution is 5.81. The quantitative estimate of drug-likeness (QED) is 0.583. The van der Waals surface area contributed by atoms with Crippen LogP contribution in [-0.2, 0) is 4.79 Å². The fraction of sp³-hybridized carbons (Fsp3) is 0.900. The molecule has 4 nitrogen and oxygen atoms in total. The first-order valence-corrected chi connectivity index (χ1v) is 5.26. The molecule has 1 amide bonds. The van der Waals surface area contributed by atoms with Gasteiger partial charge in [0.25, 0.3) is 5.91 Å². The molecule has 0 fully saturated rings. The van der Waals surface area contributed by atoms with Gasteiger partial charge in [0.05, 0.1) is 0 Å². The Hall–Kier alpha value is -0.610. The Morgan fingerprint density at radius 1 is 1.50 bits per heavy atom. The fourth-order valence-corrected chi connectivity index (χ4v) is 1.12. The van der Waals surface area contributed by atoms with E-state index in [0.29, 0.717) is 6.42 Å². The van der Waals surface area contributed by atoms with E-state index in [1.807, 2.05) is 20.8 Å². The summed E-state index contributed by atoms with van der Waals surface area (Å²) in [7, 11) is 0. The molecule has 3 unspecified atom stereocenters. The van der Waals surface area contributed by atoms with E-state index < -0.39 is 12.1 Å². The average Bonchev–Trinajstić information content (AvgIpc) is 2.16. The van der Waals surface area contributed by atoms with Gasteiger partial charge in [-0.2, -0.15) is 0 Å². The number of nitrogens with two attached hydrogens (primary N) is 1. The van der Waals surface area contributed by atoms with E-state index in [2.05, 4.69) is 5.32 Å². The number of nitrogens with one attached hydrogen (secondary N) is 1. The molecule has 0 aliphatic carbocycles. The van der Waals surface area contributed by atoms with Gasteiger partial charge in [0.15, 0.2) is 0 Å². The highest BCUT2D eigenvalue weighted by Crippen LogP contribution is 2.00. The summed E-state index contributed by atoms with van der Waals surface area (Å²) in [5.41, 5.74) is 5.63. The van der Waals surface area contributed by atoms with Crippen LogP contribution in [0.3, 0.4) is 0 Å². The van der Waals surface area contributed by atoms with Crippen LogP contribution in [0.5, 0.6) is 0 Å². The maximum atomic E-state index is 11.4. The lowest BCUT2D eigenvalue weighted by Crippen LogP contribution is -2.48. The van der Waals surface area contributed by atoms with Crippen LogP contribution >= 0.6 is 0 Å². The second-order valence-corrected chi connectivity index (χ2v) is 3.72. The molecule has 3 atom stereocenters. The predicted octanol–water partition coefficient (Wildman–Crippen LogP) is 0.389. The van der Waals surface area contributed by atoms with Crippen LogP contribution < -0.4 is 11.1 Å². The van der Waals surface area contributed by atoms with Crippen molar-refractivity contribution in [1.29, 1.82) is 0 Å². The summed E-state index contributed by atoms with van der Waals surface area (Å²) in [6.45, 7) is 5.85. The van der Waals surface area contributed by atoms with Crippen molar-refractivity contribution in [3.05, 3.63) is 0 Å². The SMILES string of the molecule is CCCC(N)C(O)C(=O)NC(C)CC. The summed E-state index contributed by atoms with van der Waals surface area (Å²) in [6.07, 6.45) is 1.30. The maximum absolute atomic E-state index is 11.4. The molecule has 0 radical (unpaired) electrons. The summed E-state index contributed by atoms with van der Waals surface area (Å²) >= 11 is 0. The molecule has 0 rings (SSSR count). The van der Waals surface area contributed by atoms with Crippen LogP contribution in [0, 0.1) is 0 Å². The van der Waals surface area contributed by atoms with Crippen molar-refractivity contribution in [3.8, 4) is 0 Å². The van der Waals surface area contributed by atoms with Crippen LogP contribution in [0.15, 0.2) is 0 Å². The monoisotopic (exact) mass is 202 g/mol. The van der Waals surface area contributed by atoms with Gasteiger partial charge in [0.2, 0.25) is 0 Å². The third kappa shape index (κ3) is 4.58. The van der Waals surface area contributed by atoms with Crippen molar-refractivity contribution in [2.24, 2.45) is 5.73 Å². The number of aliphatic hydroxyl groups excluding tert-OH is 1. The zero-order valence-corrected chi connectivity index (χ0v) is 9.29. The van der Waals surface area contributed by atoms with Crippen LogP contribution in [0.1, 0.15) is 40.0 Å². The molecule has 14 heavy (non-hydrogen) atoms. The number of carbonyl (C=O) groups is 1. The van der Waals surface area contributed by atoms with E-state index in [4.69, 9.17) is 5.73 Å². The Kier molecular flexibility index (Phi) is 6.49. The van der Waals surface area contributed by atoms with Crippen molar-refractivity contribution in [2.45, 2.75) is 58.2 Å². The zero-order valence-electron chi connectivity index (χ0n) is 9.29. The van der Waals surface area contributed by atoms with E-state index in [1.54, 1.807) is 0 Å². The number of amides is 1. The third-order valence-corrected chi connectivity index (χ3v) is 2.30. The second kappa shape index (κ2) is 6.79. The van der Waals surface area contributed by atoms with Gasteiger partial charge in [-0.1, -0.05) is 20.3 Å². The minimum absolute atomic E-state index is 0.0889. The lowest BCUT2D eigenvalue weighted by molar-refractivity contribution is -0.131. The molecule has 0 saturated heterocycles. The molecule has 0 saturated carbocycles. The summed E-state index contributed by atoms with van der Waals surface area (Å²) in [4.78, 5) is 11.4. The lowest BCUT2D eigenvalue weighted by atomic mass is 10.1. The largest absolute Gasteiger partial charge is 0.382 e. The minimum Gasteiger partial charge on any atom is -0.382 e. The highest BCUT2D eigenvalue weighted by atomic mass is 16.3.